The Bertz CT molecular complexity index is 641. The van der Waals surface area contributed by atoms with E-state index >= 15 is 0 Å². The van der Waals surface area contributed by atoms with E-state index in [-0.39, 0.29) is 11.8 Å². The molecule has 2 aliphatic rings. The predicted molar refractivity (Wildman–Crippen MR) is 78.8 cm³/mol. The van der Waals surface area contributed by atoms with Crippen molar-refractivity contribution in [3.8, 4) is 0 Å². The molecule has 2 atom stereocenters. The lowest BCUT2D eigenvalue weighted by Crippen LogP contribution is -2.56. The van der Waals surface area contributed by atoms with Crippen LogP contribution in [-0.2, 0) is 9.59 Å². The number of carbonyl (C=O) groups excluding carboxylic acids is 1. The largest absolute Gasteiger partial charge is 0.480 e. The fourth-order valence-corrected chi connectivity index (χ4v) is 3.51. The Hall–Kier alpha value is -1.98. The Morgan fingerprint density at radius 1 is 1.17 bits per heavy atom. The van der Waals surface area contributed by atoms with Crippen LogP contribution in [-0.4, -0.2) is 22.5 Å². The second-order valence-corrected chi connectivity index (χ2v) is 6.55. The van der Waals surface area contributed by atoms with Crippen LogP contribution >= 0.6 is 0 Å². The van der Waals surface area contributed by atoms with Crippen molar-refractivity contribution in [1.82, 2.24) is 5.32 Å². The number of carbonyl (C=O) groups is 2. The maximum Gasteiger partial charge on any atom is 0.329 e. The van der Waals surface area contributed by atoms with Crippen molar-refractivity contribution in [1.29, 1.82) is 0 Å². The summed E-state index contributed by atoms with van der Waals surface area (Å²) < 4.78 is 26.7. The summed E-state index contributed by atoms with van der Waals surface area (Å²) in [5.41, 5.74) is -0.872. The number of rotatable bonds is 4. The highest BCUT2D eigenvalue weighted by molar-refractivity contribution is 5.90. The molecule has 2 unspecified atom stereocenters. The van der Waals surface area contributed by atoms with Crippen LogP contribution < -0.4 is 5.32 Å². The average Bonchev–Trinajstić information content (AvgIpc) is 3.28. The van der Waals surface area contributed by atoms with Gasteiger partial charge in [0.1, 0.15) is 17.2 Å². The van der Waals surface area contributed by atoms with E-state index in [1.807, 2.05) is 0 Å². The molecular weight excluding hydrogens is 304 g/mol. The summed E-state index contributed by atoms with van der Waals surface area (Å²) in [6, 6.07) is 3.34. The van der Waals surface area contributed by atoms with Crippen molar-refractivity contribution in [2.24, 2.45) is 5.92 Å². The predicted octanol–water partition coefficient (Wildman–Crippen LogP) is 2.97. The summed E-state index contributed by atoms with van der Waals surface area (Å²) in [6.45, 7) is 0. The Labute approximate surface area is 132 Å². The molecule has 3 rings (SSSR count). The number of amides is 1. The van der Waals surface area contributed by atoms with Crippen molar-refractivity contribution in [2.75, 3.05) is 0 Å². The number of halogens is 2. The molecule has 6 heteroatoms. The first-order valence-corrected chi connectivity index (χ1v) is 7.93. The molecule has 23 heavy (non-hydrogen) atoms. The lowest BCUT2D eigenvalue weighted by Gasteiger charge is -2.34. The molecule has 0 bridgehead atoms. The van der Waals surface area contributed by atoms with Crippen molar-refractivity contribution in [3.05, 3.63) is 35.4 Å². The summed E-state index contributed by atoms with van der Waals surface area (Å²) >= 11 is 0. The molecule has 0 heterocycles. The van der Waals surface area contributed by atoms with Gasteiger partial charge in [0.05, 0.1) is 0 Å². The lowest BCUT2D eigenvalue weighted by atomic mass is 9.81. The van der Waals surface area contributed by atoms with Crippen LogP contribution in [0.5, 0.6) is 0 Å². The normalized spacial score (nSPS) is 25.7. The number of aliphatic carboxylic acids is 1. The van der Waals surface area contributed by atoms with Gasteiger partial charge in [-0.25, -0.2) is 13.6 Å². The van der Waals surface area contributed by atoms with Gasteiger partial charge < -0.3 is 10.4 Å². The number of carboxylic acid groups (broad SMARTS) is 1. The number of carboxylic acids is 1. The van der Waals surface area contributed by atoms with E-state index < -0.39 is 29.1 Å². The van der Waals surface area contributed by atoms with Gasteiger partial charge in [0.25, 0.3) is 0 Å². The third kappa shape index (κ3) is 3.07. The Kier molecular flexibility index (Phi) is 4.08. The number of hydrogen-bond donors (Lipinski definition) is 2. The molecule has 0 saturated heterocycles. The Morgan fingerprint density at radius 2 is 1.87 bits per heavy atom. The minimum Gasteiger partial charge on any atom is -0.480 e. The van der Waals surface area contributed by atoms with E-state index in [4.69, 9.17) is 0 Å². The van der Waals surface area contributed by atoms with Gasteiger partial charge in [-0.1, -0.05) is 25.3 Å². The van der Waals surface area contributed by atoms with E-state index in [0.29, 0.717) is 24.8 Å². The Balaban J connectivity index is 1.69. The van der Waals surface area contributed by atoms with Gasteiger partial charge in [0.15, 0.2) is 0 Å². The zero-order valence-electron chi connectivity index (χ0n) is 12.6. The SMILES string of the molecule is O=C(NC1(C(=O)O)CCCCC1)C1CC1c1ccc(F)cc1F. The first-order chi connectivity index (χ1) is 10.9. The molecule has 1 aromatic rings. The van der Waals surface area contributed by atoms with Crippen LogP contribution in [0, 0.1) is 17.6 Å². The third-order valence-electron chi connectivity index (χ3n) is 4.97. The van der Waals surface area contributed by atoms with Gasteiger partial charge >= 0.3 is 5.97 Å². The monoisotopic (exact) mass is 323 g/mol. The van der Waals surface area contributed by atoms with Crippen LogP contribution in [0.15, 0.2) is 18.2 Å². The molecule has 4 nitrogen and oxygen atoms in total. The van der Waals surface area contributed by atoms with Gasteiger partial charge in [-0.3, -0.25) is 4.79 Å². The third-order valence-corrected chi connectivity index (χ3v) is 4.97. The fourth-order valence-electron chi connectivity index (χ4n) is 3.51. The van der Waals surface area contributed by atoms with Crippen LogP contribution in [0.4, 0.5) is 8.78 Å². The molecule has 0 aromatic heterocycles. The van der Waals surface area contributed by atoms with Gasteiger partial charge in [0, 0.05) is 12.0 Å². The van der Waals surface area contributed by atoms with E-state index in [1.165, 1.54) is 12.1 Å². The van der Waals surface area contributed by atoms with Gasteiger partial charge in [-0.05, 0) is 36.8 Å². The molecule has 2 aliphatic carbocycles. The van der Waals surface area contributed by atoms with Crippen LogP contribution in [0.2, 0.25) is 0 Å². The van der Waals surface area contributed by atoms with Crippen molar-refractivity contribution in [3.63, 3.8) is 0 Å². The van der Waals surface area contributed by atoms with Crippen molar-refractivity contribution in [2.45, 2.75) is 50.0 Å². The van der Waals surface area contributed by atoms with Crippen LogP contribution in [0.25, 0.3) is 0 Å². The first-order valence-electron chi connectivity index (χ1n) is 7.93. The first kappa shape index (κ1) is 15.9. The second kappa shape index (κ2) is 5.91. The number of nitrogens with one attached hydrogen (secondary N) is 1. The quantitative estimate of drug-likeness (QED) is 0.895. The molecule has 2 fully saturated rings. The molecule has 1 amide bonds. The molecule has 2 saturated carbocycles. The molecule has 0 aliphatic heterocycles. The molecular formula is C17H19F2NO3. The highest BCUT2D eigenvalue weighted by Gasteiger charge is 2.49. The minimum absolute atomic E-state index is 0.301. The molecule has 1 aromatic carbocycles. The standard InChI is InChI=1S/C17H19F2NO3/c18-10-4-5-11(14(19)8-10)12-9-13(12)15(21)20-17(16(22)23)6-2-1-3-7-17/h4-5,8,12-13H,1-3,6-7,9H2,(H,20,21)(H,22,23). The van der Waals surface area contributed by atoms with Gasteiger partial charge in [-0.2, -0.15) is 0 Å². The van der Waals surface area contributed by atoms with Crippen molar-refractivity contribution < 1.29 is 23.5 Å². The average molecular weight is 323 g/mol. The zero-order chi connectivity index (χ0) is 16.6. The summed E-state index contributed by atoms with van der Waals surface area (Å²) in [6.07, 6.45) is 3.83. The summed E-state index contributed by atoms with van der Waals surface area (Å²) in [7, 11) is 0. The van der Waals surface area contributed by atoms with Gasteiger partial charge in [-0.15, -0.1) is 0 Å². The fraction of sp³-hybridized carbons (Fsp3) is 0.529. The van der Waals surface area contributed by atoms with E-state index in [2.05, 4.69) is 5.32 Å². The number of hydrogen-bond acceptors (Lipinski definition) is 2. The zero-order valence-corrected chi connectivity index (χ0v) is 12.6. The smallest absolute Gasteiger partial charge is 0.329 e. The molecule has 2 N–H and O–H groups in total. The van der Waals surface area contributed by atoms with Crippen LogP contribution in [0.1, 0.15) is 50.0 Å². The Morgan fingerprint density at radius 3 is 2.48 bits per heavy atom. The molecule has 0 spiro atoms. The van der Waals surface area contributed by atoms with Crippen molar-refractivity contribution >= 4 is 11.9 Å². The van der Waals surface area contributed by atoms with Gasteiger partial charge in [0.2, 0.25) is 5.91 Å². The van der Waals surface area contributed by atoms with E-state index in [9.17, 15) is 23.5 Å². The highest BCUT2D eigenvalue weighted by atomic mass is 19.1. The number of benzene rings is 1. The summed E-state index contributed by atoms with van der Waals surface area (Å²) in [4.78, 5) is 24.0. The van der Waals surface area contributed by atoms with E-state index in [0.717, 1.165) is 25.3 Å². The molecule has 124 valence electrons. The molecule has 0 radical (unpaired) electrons. The minimum atomic E-state index is -1.19. The van der Waals surface area contributed by atoms with Crippen LogP contribution in [0.3, 0.4) is 0 Å². The summed E-state index contributed by atoms with van der Waals surface area (Å²) in [5, 5.41) is 12.2. The maximum absolute atomic E-state index is 13.8. The lowest BCUT2D eigenvalue weighted by molar-refractivity contribution is -0.149. The highest BCUT2D eigenvalue weighted by Crippen LogP contribution is 2.49. The van der Waals surface area contributed by atoms with E-state index in [1.54, 1.807) is 0 Å². The topological polar surface area (TPSA) is 66.4 Å². The maximum atomic E-state index is 13.8. The second-order valence-electron chi connectivity index (χ2n) is 6.55. The summed E-state index contributed by atoms with van der Waals surface area (Å²) in [5.74, 6) is -3.40.